The standard InChI is InChI=1S/C13H13N3O3S/c1-20-10-6-4-9(5-7-10)14-13(18)16-15-12(17)11-3-2-8-19-11/h2-8H,1H3,(H,15,17)(H2,14,16,18). The second kappa shape index (κ2) is 6.67. The van der Waals surface area contributed by atoms with Gasteiger partial charge in [0.15, 0.2) is 5.76 Å². The summed E-state index contributed by atoms with van der Waals surface area (Å²) in [7, 11) is 0. The summed E-state index contributed by atoms with van der Waals surface area (Å²) < 4.78 is 4.89. The SMILES string of the molecule is CSc1ccc(NC(=O)NNC(=O)c2ccco2)cc1. The van der Waals surface area contributed by atoms with Crippen LogP contribution in [0.1, 0.15) is 10.6 Å². The maximum atomic E-state index is 11.6. The fraction of sp³-hybridized carbons (Fsp3) is 0.0769. The Labute approximate surface area is 119 Å². The van der Waals surface area contributed by atoms with Crippen molar-refractivity contribution >= 4 is 29.4 Å². The van der Waals surface area contributed by atoms with Gasteiger partial charge in [0, 0.05) is 10.6 Å². The Morgan fingerprint density at radius 2 is 1.85 bits per heavy atom. The van der Waals surface area contributed by atoms with Gasteiger partial charge in [-0.05, 0) is 42.7 Å². The van der Waals surface area contributed by atoms with E-state index in [1.54, 1.807) is 30.0 Å². The molecular formula is C13H13N3O3S. The summed E-state index contributed by atoms with van der Waals surface area (Å²) in [6, 6.07) is 9.88. The highest BCUT2D eigenvalue weighted by Gasteiger charge is 2.09. The van der Waals surface area contributed by atoms with Crippen molar-refractivity contribution in [3.8, 4) is 0 Å². The quantitative estimate of drug-likeness (QED) is 0.599. The Bertz CT molecular complexity index is 581. The molecule has 104 valence electrons. The van der Waals surface area contributed by atoms with Gasteiger partial charge < -0.3 is 9.73 Å². The number of amides is 3. The average molecular weight is 291 g/mol. The molecule has 6 nitrogen and oxygen atoms in total. The van der Waals surface area contributed by atoms with Crippen molar-refractivity contribution in [3.63, 3.8) is 0 Å². The molecule has 0 bridgehead atoms. The third-order valence-electron chi connectivity index (χ3n) is 2.38. The van der Waals surface area contributed by atoms with Crippen LogP contribution in [-0.4, -0.2) is 18.2 Å². The summed E-state index contributed by atoms with van der Waals surface area (Å²) in [6.07, 6.45) is 3.35. The number of thioether (sulfide) groups is 1. The summed E-state index contributed by atoms with van der Waals surface area (Å²) in [5, 5.41) is 2.59. The van der Waals surface area contributed by atoms with E-state index in [-0.39, 0.29) is 5.76 Å². The van der Waals surface area contributed by atoms with Crippen LogP contribution in [0.3, 0.4) is 0 Å². The molecule has 2 rings (SSSR count). The molecule has 1 aromatic carbocycles. The zero-order valence-corrected chi connectivity index (χ0v) is 11.5. The summed E-state index contributed by atoms with van der Waals surface area (Å²) >= 11 is 1.61. The average Bonchev–Trinajstić information content (AvgIpc) is 3.00. The van der Waals surface area contributed by atoms with Gasteiger partial charge in [0.2, 0.25) is 0 Å². The second-order valence-electron chi connectivity index (χ2n) is 3.74. The number of carbonyl (C=O) groups excluding carboxylic acids is 2. The van der Waals surface area contributed by atoms with Crippen LogP contribution in [0.4, 0.5) is 10.5 Å². The number of anilines is 1. The van der Waals surface area contributed by atoms with Crippen molar-refractivity contribution in [3.05, 3.63) is 48.4 Å². The van der Waals surface area contributed by atoms with Crippen LogP contribution in [0, 0.1) is 0 Å². The molecule has 0 aliphatic carbocycles. The number of carbonyl (C=O) groups is 2. The normalized spacial score (nSPS) is 9.85. The minimum Gasteiger partial charge on any atom is -0.459 e. The number of benzene rings is 1. The Kier molecular flexibility index (Phi) is 4.67. The van der Waals surface area contributed by atoms with Crippen molar-refractivity contribution in [2.75, 3.05) is 11.6 Å². The van der Waals surface area contributed by atoms with Gasteiger partial charge in [-0.15, -0.1) is 11.8 Å². The first-order valence-electron chi connectivity index (χ1n) is 5.74. The smallest absolute Gasteiger partial charge is 0.337 e. The maximum absolute atomic E-state index is 11.6. The van der Waals surface area contributed by atoms with Crippen LogP contribution in [0.5, 0.6) is 0 Å². The maximum Gasteiger partial charge on any atom is 0.337 e. The van der Waals surface area contributed by atoms with Crippen LogP contribution in [-0.2, 0) is 0 Å². The van der Waals surface area contributed by atoms with E-state index < -0.39 is 11.9 Å². The van der Waals surface area contributed by atoms with Gasteiger partial charge in [-0.1, -0.05) is 0 Å². The molecule has 1 heterocycles. The molecule has 2 aromatic rings. The van der Waals surface area contributed by atoms with Gasteiger partial charge >= 0.3 is 11.9 Å². The number of urea groups is 1. The lowest BCUT2D eigenvalue weighted by atomic mass is 10.3. The molecule has 0 saturated heterocycles. The van der Waals surface area contributed by atoms with E-state index in [4.69, 9.17) is 4.42 Å². The molecule has 3 amide bonds. The molecular weight excluding hydrogens is 278 g/mol. The zero-order valence-electron chi connectivity index (χ0n) is 10.7. The van der Waals surface area contributed by atoms with Crippen LogP contribution < -0.4 is 16.2 Å². The minimum absolute atomic E-state index is 0.120. The third kappa shape index (κ3) is 3.79. The molecule has 0 atom stereocenters. The molecule has 0 saturated carbocycles. The van der Waals surface area contributed by atoms with Crippen molar-refractivity contribution in [2.45, 2.75) is 4.90 Å². The van der Waals surface area contributed by atoms with E-state index in [0.29, 0.717) is 5.69 Å². The first kappa shape index (κ1) is 14.0. The first-order valence-corrected chi connectivity index (χ1v) is 6.96. The van der Waals surface area contributed by atoms with E-state index in [9.17, 15) is 9.59 Å². The molecule has 20 heavy (non-hydrogen) atoms. The van der Waals surface area contributed by atoms with E-state index >= 15 is 0 Å². The van der Waals surface area contributed by atoms with Crippen molar-refractivity contribution in [1.82, 2.24) is 10.9 Å². The summed E-state index contributed by atoms with van der Waals surface area (Å²) in [5.74, 6) is -0.405. The highest BCUT2D eigenvalue weighted by Crippen LogP contribution is 2.17. The Morgan fingerprint density at radius 3 is 2.45 bits per heavy atom. The van der Waals surface area contributed by atoms with E-state index in [1.165, 1.54) is 12.3 Å². The third-order valence-corrected chi connectivity index (χ3v) is 3.13. The fourth-order valence-corrected chi connectivity index (χ4v) is 1.83. The van der Waals surface area contributed by atoms with Crippen LogP contribution in [0.25, 0.3) is 0 Å². The van der Waals surface area contributed by atoms with Crippen LogP contribution in [0.15, 0.2) is 52.0 Å². The Hall–Kier alpha value is -2.41. The number of hydrazine groups is 1. The van der Waals surface area contributed by atoms with Gasteiger partial charge in [0.1, 0.15) is 0 Å². The topological polar surface area (TPSA) is 83.4 Å². The van der Waals surface area contributed by atoms with E-state index in [1.807, 2.05) is 18.4 Å². The minimum atomic E-state index is -0.540. The molecule has 0 radical (unpaired) electrons. The lowest BCUT2D eigenvalue weighted by Crippen LogP contribution is -2.43. The van der Waals surface area contributed by atoms with E-state index in [2.05, 4.69) is 16.2 Å². The molecule has 0 fully saturated rings. The molecule has 0 aliphatic rings. The van der Waals surface area contributed by atoms with Gasteiger partial charge in [-0.2, -0.15) is 0 Å². The predicted molar refractivity (Wildman–Crippen MR) is 76.6 cm³/mol. The number of nitrogens with one attached hydrogen (secondary N) is 3. The van der Waals surface area contributed by atoms with E-state index in [0.717, 1.165) is 4.90 Å². The molecule has 1 aromatic heterocycles. The fourth-order valence-electron chi connectivity index (χ4n) is 1.42. The van der Waals surface area contributed by atoms with Crippen molar-refractivity contribution < 1.29 is 14.0 Å². The Morgan fingerprint density at radius 1 is 1.10 bits per heavy atom. The zero-order chi connectivity index (χ0) is 14.4. The largest absolute Gasteiger partial charge is 0.459 e. The molecule has 7 heteroatoms. The molecule has 0 spiro atoms. The predicted octanol–water partition coefficient (Wildman–Crippen LogP) is 2.47. The molecule has 0 aliphatic heterocycles. The first-order chi connectivity index (χ1) is 9.69. The monoisotopic (exact) mass is 291 g/mol. The molecule has 3 N–H and O–H groups in total. The lowest BCUT2D eigenvalue weighted by molar-refractivity contribution is 0.0910. The Balaban J connectivity index is 1.81. The van der Waals surface area contributed by atoms with Crippen molar-refractivity contribution in [2.24, 2.45) is 0 Å². The summed E-state index contributed by atoms with van der Waals surface area (Å²) in [6.45, 7) is 0. The summed E-state index contributed by atoms with van der Waals surface area (Å²) in [4.78, 5) is 24.2. The number of rotatable bonds is 3. The lowest BCUT2D eigenvalue weighted by Gasteiger charge is -2.08. The van der Waals surface area contributed by atoms with Gasteiger partial charge in [-0.3, -0.25) is 10.2 Å². The summed E-state index contributed by atoms with van der Waals surface area (Å²) in [5.41, 5.74) is 5.09. The molecule has 0 unspecified atom stereocenters. The van der Waals surface area contributed by atoms with Gasteiger partial charge in [0.05, 0.1) is 6.26 Å². The van der Waals surface area contributed by atoms with Crippen LogP contribution >= 0.6 is 11.8 Å². The number of hydrogen-bond acceptors (Lipinski definition) is 4. The number of furan rings is 1. The van der Waals surface area contributed by atoms with Crippen LogP contribution in [0.2, 0.25) is 0 Å². The van der Waals surface area contributed by atoms with Gasteiger partial charge in [0.25, 0.3) is 0 Å². The van der Waals surface area contributed by atoms with Gasteiger partial charge in [-0.25, -0.2) is 10.2 Å². The van der Waals surface area contributed by atoms with Crippen molar-refractivity contribution in [1.29, 1.82) is 0 Å². The second-order valence-corrected chi connectivity index (χ2v) is 4.62. The highest BCUT2D eigenvalue weighted by molar-refractivity contribution is 7.98. The highest BCUT2D eigenvalue weighted by atomic mass is 32.2. The number of hydrogen-bond donors (Lipinski definition) is 3.